The topological polar surface area (TPSA) is 123 Å². The minimum Gasteiger partial charge on any atom is -0.502 e. The van der Waals surface area contributed by atoms with Gasteiger partial charge in [-0.2, -0.15) is 5.10 Å². The van der Waals surface area contributed by atoms with Crippen LogP contribution in [0.5, 0.6) is 17.2 Å². The van der Waals surface area contributed by atoms with Crippen LogP contribution in [0.2, 0.25) is 0 Å². The van der Waals surface area contributed by atoms with E-state index in [0.29, 0.717) is 21.5 Å². The fourth-order valence-corrected chi connectivity index (χ4v) is 2.57. The van der Waals surface area contributed by atoms with Gasteiger partial charge in [0.25, 0.3) is 5.91 Å². The number of hydrogen-bond donors (Lipinski definition) is 2. The summed E-state index contributed by atoms with van der Waals surface area (Å²) < 4.78 is 10.7. The second kappa shape index (κ2) is 6.77. The van der Waals surface area contributed by atoms with Crippen LogP contribution in [0, 0.1) is 10.1 Å². The highest BCUT2D eigenvalue weighted by Gasteiger charge is 2.18. The number of aromatic hydroxyl groups is 1. The van der Waals surface area contributed by atoms with E-state index in [1.54, 1.807) is 12.1 Å². The van der Waals surface area contributed by atoms with Gasteiger partial charge in [0.05, 0.1) is 11.1 Å². The first-order valence-electron chi connectivity index (χ1n) is 6.85. The SMILES string of the molecule is O=C(N/N=C/c1cc(Br)cc([N+](=O)[O-])c1O)c1ccc2c(c1)OCO2. The molecule has 0 unspecified atom stereocenters. The third kappa shape index (κ3) is 3.53. The summed E-state index contributed by atoms with van der Waals surface area (Å²) in [7, 11) is 0. The van der Waals surface area contributed by atoms with Crippen LogP contribution >= 0.6 is 15.9 Å². The lowest BCUT2D eigenvalue weighted by atomic mass is 10.2. The number of benzene rings is 2. The van der Waals surface area contributed by atoms with Crippen molar-refractivity contribution in [2.24, 2.45) is 5.10 Å². The van der Waals surface area contributed by atoms with Gasteiger partial charge in [-0.25, -0.2) is 5.43 Å². The summed E-state index contributed by atoms with van der Waals surface area (Å²) >= 11 is 3.11. The fourth-order valence-electron chi connectivity index (χ4n) is 2.11. The zero-order chi connectivity index (χ0) is 18.0. The summed E-state index contributed by atoms with van der Waals surface area (Å²) in [4.78, 5) is 22.2. The average molecular weight is 408 g/mol. The quantitative estimate of drug-likeness (QED) is 0.455. The number of hydrazone groups is 1. The molecule has 2 aromatic carbocycles. The molecule has 0 saturated carbocycles. The molecule has 25 heavy (non-hydrogen) atoms. The summed E-state index contributed by atoms with van der Waals surface area (Å²) in [5.41, 5.74) is 2.17. The minimum atomic E-state index is -0.720. The first kappa shape index (κ1) is 16.7. The number of nitro benzene ring substituents is 1. The number of hydrogen-bond acceptors (Lipinski definition) is 7. The van der Waals surface area contributed by atoms with Gasteiger partial charge >= 0.3 is 5.69 Å². The monoisotopic (exact) mass is 407 g/mol. The number of nitro groups is 1. The second-order valence-electron chi connectivity index (χ2n) is 4.89. The van der Waals surface area contributed by atoms with Gasteiger partial charge < -0.3 is 14.6 Å². The van der Waals surface area contributed by atoms with Crippen molar-refractivity contribution in [3.8, 4) is 17.2 Å². The maximum absolute atomic E-state index is 12.1. The predicted octanol–water partition coefficient (Wildman–Crippen LogP) is 2.56. The number of phenols is 1. The van der Waals surface area contributed by atoms with Gasteiger partial charge in [0.15, 0.2) is 11.5 Å². The molecule has 9 nitrogen and oxygen atoms in total. The summed E-state index contributed by atoms with van der Waals surface area (Å²) in [6, 6.07) is 7.25. The first-order chi connectivity index (χ1) is 12.0. The van der Waals surface area contributed by atoms with E-state index in [0.717, 1.165) is 12.3 Å². The molecule has 10 heteroatoms. The Labute approximate surface area is 149 Å². The Morgan fingerprint density at radius 3 is 2.84 bits per heavy atom. The van der Waals surface area contributed by atoms with Crippen LogP contribution in [-0.2, 0) is 0 Å². The Bertz CT molecular complexity index is 899. The normalized spacial score (nSPS) is 12.4. The highest BCUT2D eigenvalue weighted by atomic mass is 79.9. The van der Waals surface area contributed by atoms with Crippen LogP contribution in [-0.4, -0.2) is 28.9 Å². The number of ether oxygens (including phenoxy) is 2. The molecule has 1 amide bonds. The highest BCUT2D eigenvalue weighted by molar-refractivity contribution is 9.10. The zero-order valence-electron chi connectivity index (χ0n) is 12.4. The van der Waals surface area contributed by atoms with E-state index in [2.05, 4.69) is 26.5 Å². The van der Waals surface area contributed by atoms with Crippen molar-refractivity contribution in [1.82, 2.24) is 5.43 Å². The largest absolute Gasteiger partial charge is 0.502 e. The van der Waals surface area contributed by atoms with Crippen LogP contribution in [0.1, 0.15) is 15.9 Å². The third-order valence-electron chi connectivity index (χ3n) is 3.29. The lowest BCUT2D eigenvalue weighted by Gasteiger charge is -2.03. The predicted molar refractivity (Wildman–Crippen MR) is 90.1 cm³/mol. The van der Waals surface area contributed by atoms with Crippen molar-refractivity contribution in [2.45, 2.75) is 0 Å². The Hall–Kier alpha value is -3.14. The van der Waals surface area contributed by atoms with E-state index < -0.39 is 22.3 Å². The number of carbonyl (C=O) groups is 1. The standard InChI is InChI=1S/C15H10BrN3O6/c16-10-3-9(14(20)11(5-10)19(22)23)6-17-18-15(21)8-1-2-12-13(4-8)25-7-24-12/h1-6,20H,7H2,(H,18,21)/b17-6+. The fraction of sp³-hybridized carbons (Fsp3) is 0.0667. The number of halogens is 1. The van der Waals surface area contributed by atoms with Crippen molar-refractivity contribution >= 4 is 33.7 Å². The molecule has 0 aliphatic carbocycles. The number of carbonyl (C=O) groups excluding carboxylic acids is 1. The van der Waals surface area contributed by atoms with Crippen molar-refractivity contribution in [3.05, 3.63) is 56.0 Å². The smallest absolute Gasteiger partial charge is 0.312 e. The third-order valence-corrected chi connectivity index (χ3v) is 3.74. The molecule has 0 bridgehead atoms. The van der Waals surface area contributed by atoms with Crippen LogP contribution in [0.15, 0.2) is 39.9 Å². The number of phenolic OH excluding ortho intramolecular Hbond substituents is 1. The van der Waals surface area contributed by atoms with Crippen LogP contribution in [0.25, 0.3) is 0 Å². The van der Waals surface area contributed by atoms with Crippen molar-refractivity contribution in [3.63, 3.8) is 0 Å². The molecule has 1 aliphatic heterocycles. The highest BCUT2D eigenvalue weighted by Crippen LogP contribution is 2.33. The molecule has 3 rings (SSSR count). The minimum absolute atomic E-state index is 0.0760. The molecule has 0 saturated heterocycles. The Kier molecular flexibility index (Phi) is 4.52. The Morgan fingerprint density at radius 2 is 2.08 bits per heavy atom. The van der Waals surface area contributed by atoms with Gasteiger partial charge in [0.1, 0.15) is 0 Å². The van der Waals surface area contributed by atoms with Crippen molar-refractivity contribution in [1.29, 1.82) is 0 Å². The molecule has 0 spiro atoms. The molecule has 1 aliphatic rings. The average Bonchev–Trinajstić information content (AvgIpc) is 3.04. The van der Waals surface area contributed by atoms with Gasteiger partial charge in [0, 0.05) is 21.7 Å². The molecule has 1 heterocycles. The van der Waals surface area contributed by atoms with E-state index in [1.807, 2.05) is 0 Å². The molecule has 0 radical (unpaired) electrons. The first-order valence-corrected chi connectivity index (χ1v) is 7.65. The number of fused-ring (bicyclic) bond motifs is 1. The van der Waals surface area contributed by atoms with E-state index in [-0.39, 0.29) is 12.4 Å². The summed E-state index contributed by atoms with van der Waals surface area (Å²) in [5, 5.41) is 24.5. The maximum atomic E-state index is 12.1. The molecule has 0 aromatic heterocycles. The van der Waals surface area contributed by atoms with E-state index >= 15 is 0 Å². The number of amides is 1. The molecule has 0 fully saturated rings. The maximum Gasteiger partial charge on any atom is 0.312 e. The number of nitrogens with zero attached hydrogens (tertiary/aromatic N) is 2. The van der Waals surface area contributed by atoms with E-state index in [4.69, 9.17) is 9.47 Å². The van der Waals surface area contributed by atoms with Gasteiger partial charge in [-0.05, 0) is 24.3 Å². The Morgan fingerprint density at radius 1 is 1.32 bits per heavy atom. The molecular weight excluding hydrogens is 398 g/mol. The molecule has 2 aromatic rings. The second-order valence-corrected chi connectivity index (χ2v) is 5.80. The lowest BCUT2D eigenvalue weighted by Crippen LogP contribution is -2.17. The molecular formula is C15H10BrN3O6. The summed E-state index contributed by atoms with van der Waals surface area (Å²) in [5.74, 6) is -0.0591. The number of nitrogens with one attached hydrogen (secondary N) is 1. The van der Waals surface area contributed by atoms with Gasteiger partial charge in [0.2, 0.25) is 12.5 Å². The zero-order valence-corrected chi connectivity index (χ0v) is 14.0. The molecule has 2 N–H and O–H groups in total. The van der Waals surface area contributed by atoms with Crippen LogP contribution in [0.3, 0.4) is 0 Å². The lowest BCUT2D eigenvalue weighted by molar-refractivity contribution is -0.385. The van der Waals surface area contributed by atoms with Crippen LogP contribution < -0.4 is 14.9 Å². The number of rotatable bonds is 4. The van der Waals surface area contributed by atoms with Gasteiger partial charge in [-0.1, -0.05) is 15.9 Å². The van der Waals surface area contributed by atoms with Gasteiger partial charge in [-0.3, -0.25) is 14.9 Å². The molecule has 128 valence electrons. The van der Waals surface area contributed by atoms with Crippen molar-refractivity contribution < 1.29 is 24.3 Å². The summed E-state index contributed by atoms with van der Waals surface area (Å²) in [6.45, 7) is 0.0967. The van der Waals surface area contributed by atoms with Crippen molar-refractivity contribution in [2.75, 3.05) is 6.79 Å². The van der Waals surface area contributed by atoms with E-state index in [9.17, 15) is 20.0 Å². The van der Waals surface area contributed by atoms with E-state index in [1.165, 1.54) is 12.1 Å². The molecule has 0 atom stereocenters. The van der Waals surface area contributed by atoms with Gasteiger partial charge in [-0.15, -0.1) is 0 Å². The summed E-state index contributed by atoms with van der Waals surface area (Å²) in [6.07, 6.45) is 1.11. The van der Waals surface area contributed by atoms with Crippen LogP contribution in [0.4, 0.5) is 5.69 Å². The Balaban J connectivity index is 1.75.